The summed E-state index contributed by atoms with van der Waals surface area (Å²) in [7, 11) is 0. The smallest absolute Gasteiger partial charge is 0.193 e. The highest BCUT2D eigenvalue weighted by Crippen LogP contribution is 2.25. The summed E-state index contributed by atoms with van der Waals surface area (Å²) in [6.45, 7) is 4.12. The summed E-state index contributed by atoms with van der Waals surface area (Å²) in [5.41, 5.74) is 5.41. The molecule has 2 aromatic carbocycles. The van der Waals surface area contributed by atoms with Crippen molar-refractivity contribution in [3.8, 4) is 0 Å². The van der Waals surface area contributed by atoms with Crippen molar-refractivity contribution in [2.24, 2.45) is 0 Å². The zero-order valence-corrected chi connectivity index (χ0v) is 16.0. The third kappa shape index (κ3) is 3.78. The summed E-state index contributed by atoms with van der Waals surface area (Å²) in [6, 6.07) is 17.1. The van der Waals surface area contributed by atoms with Crippen LogP contribution in [0.15, 0.2) is 65.8 Å². The molecule has 2 aromatic heterocycles. The molecule has 0 aliphatic carbocycles. The first-order chi connectivity index (χ1) is 13.1. The quantitative estimate of drug-likeness (QED) is 0.391. The van der Waals surface area contributed by atoms with Crippen LogP contribution >= 0.6 is 11.8 Å². The van der Waals surface area contributed by atoms with E-state index in [9.17, 15) is 4.79 Å². The Labute approximate surface area is 162 Å². The Bertz CT molecular complexity index is 1120. The number of hydrogen-bond acceptors (Lipinski definition) is 4. The van der Waals surface area contributed by atoms with E-state index in [-0.39, 0.29) is 5.78 Å². The van der Waals surface area contributed by atoms with Crippen molar-refractivity contribution in [1.82, 2.24) is 15.0 Å². The molecular formula is C22H19N3OS. The highest BCUT2D eigenvalue weighted by molar-refractivity contribution is 7.98. The number of aromatic nitrogens is 3. The maximum absolute atomic E-state index is 12.6. The van der Waals surface area contributed by atoms with E-state index in [1.807, 2.05) is 61.7 Å². The van der Waals surface area contributed by atoms with E-state index in [4.69, 9.17) is 0 Å². The minimum absolute atomic E-state index is 0.0101. The van der Waals surface area contributed by atoms with Gasteiger partial charge in [-0.3, -0.25) is 4.79 Å². The summed E-state index contributed by atoms with van der Waals surface area (Å²) in [6.07, 6.45) is 1.88. The summed E-state index contributed by atoms with van der Waals surface area (Å²) in [4.78, 5) is 25.1. The van der Waals surface area contributed by atoms with Crippen LogP contribution in [0.4, 0.5) is 0 Å². The number of H-pyrrole nitrogens is 1. The van der Waals surface area contributed by atoms with Crippen molar-refractivity contribution in [1.29, 1.82) is 0 Å². The maximum Gasteiger partial charge on any atom is 0.193 e. The average molecular weight is 373 g/mol. The van der Waals surface area contributed by atoms with Crippen LogP contribution in [-0.2, 0) is 5.75 Å². The molecule has 2 heterocycles. The second-order valence-electron chi connectivity index (χ2n) is 6.53. The summed E-state index contributed by atoms with van der Waals surface area (Å²) >= 11 is 1.66. The molecule has 0 unspecified atom stereocenters. The van der Waals surface area contributed by atoms with Gasteiger partial charge in [-0.25, -0.2) is 9.97 Å². The van der Waals surface area contributed by atoms with Gasteiger partial charge in [-0.1, -0.05) is 48.2 Å². The lowest BCUT2D eigenvalue weighted by Crippen LogP contribution is -2.00. The fourth-order valence-corrected chi connectivity index (χ4v) is 3.84. The van der Waals surface area contributed by atoms with Crippen molar-refractivity contribution < 1.29 is 4.79 Å². The zero-order valence-electron chi connectivity index (χ0n) is 15.2. The first kappa shape index (κ1) is 17.5. The predicted molar refractivity (Wildman–Crippen MR) is 109 cm³/mol. The molecule has 27 heavy (non-hydrogen) atoms. The van der Waals surface area contributed by atoms with Crippen molar-refractivity contribution in [2.75, 3.05) is 0 Å². The monoisotopic (exact) mass is 373 g/mol. The predicted octanol–water partition coefficient (Wildman–Crippen LogP) is 5.10. The van der Waals surface area contributed by atoms with Gasteiger partial charge in [0.05, 0.1) is 21.8 Å². The van der Waals surface area contributed by atoms with Crippen LogP contribution in [0.25, 0.3) is 11.0 Å². The third-order valence-corrected chi connectivity index (χ3v) is 5.46. The molecule has 0 radical (unpaired) electrons. The number of ketones is 1. The molecule has 4 nitrogen and oxygen atoms in total. The van der Waals surface area contributed by atoms with Gasteiger partial charge in [0, 0.05) is 17.3 Å². The van der Waals surface area contributed by atoms with Crippen LogP contribution in [0.2, 0.25) is 0 Å². The first-order valence-corrected chi connectivity index (χ1v) is 9.73. The molecule has 0 saturated carbocycles. The number of pyridine rings is 1. The van der Waals surface area contributed by atoms with Gasteiger partial charge in [0.1, 0.15) is 5.82 Å². The van der Waals surface area contributed by atoms with E-state index in [0.717, 1.165) is 27.4 Å². The van der Waals surface area contributed by atoms with Gasteiger partial charge >= 0.3 is 0 Å². The molecule has 4 aromatic rings. The number of aromatic amines is 1. The van der Waals surface area contributed by atoms with Gasteiger partial charge < -0.3 is 4.98 Å². The molecule has 134 valence electrons. The van der Waals surface area contributed by atoms with E-state index in [2.05, 4.69) is 27.9 Å². The highest BCUT2D eigenvalue weighted by Gasteiger charge is 2.11. The Balaban J connectivity index is 1.55. The van der Waals surface area contributed by atoms with Crippen molar-refractivity contribution in [3.05, 3.63) is 88.9 Å². The number of benzene rings is 2. The Morgan fingerprint density at radius 2 is 1.85 bits per heavy atom. The second-order valence-corrected chi connectivity index (χ2v) is 7.50. The van der Waals surface area contributed by atoms with E-state index in [1.54, 1.807) is 11.8 Å². The lowest BCUT2D eigenvalue weighted by molar-refractivity contribution is 0.103. The number of thioether (sulfide) groups is 1. The molecule has 0 bridgehead atoms. The topological polar surface area (TPSA) is 58.6 Å². The Kier molecular flexibility index (Phi) is 4.77. The Morgan fingerprint density at radius 1 is 1.04 bits per heavy atom. The third-order valence-electron chi connectivity index (χ3n) is 4.34. The standard InChI is InChI=1S/C22H19N3OS/c1-14-10-15(2)22(23-12-14)27-13-20-24-18-9-8-17(11-19(18)25-20)21(26)16-6-4-3-5-7-16/h3-12H,13H2,1-2H3,(H,24,25). The first-order valence-electron chi connectivity index (χ1n) is 8.74. The van der Waals surface area contributed by atoms with Gasteiger partial charge in [-0.2, -0.15) is 0 Å². The number of nitrogens with zero attached hydrogens (tertiary/aromatic N) is 2. The minimum atomic E-state index is 0.0101. The van der Waals surface area contributed by atoms with Gasteiger partial charge in [0.25, 0.3) is 0 Å². The molecule has 0 aliphatic heterocycles. The number of nitrogens with one attached hydrogen (secondary N) is 1. The van der Waals surface area contributed by atoms with Crippen LogP contribution in [0.3, 0.4) is 0 Å². The normalized spacial score (nSPS) is 11.0. The molecule has 5 heteroatoms. The molecule has 0 spiro atoms. The van der Waals surface area contributed by atoms with Gasteiger partial charge in [0.2, 0.25) is 0 Å². The van der Waals surface area contributed by atoms with Gasteiger partial charge in [-0.15, -0.1) is 0 Å². The number of aryl methyl sites for hydroxylation is 2. The molecule has 0 fully saturated rings. The molecule has 0 saturated heterocycles. The number of fused-ring (bicyclic) bond motifs is 1. The van der Waals surface area contributed by atoms with Gasteiger partial charge in [-0.05, 0) is 43.2 Å². The average Bonchev–Trinajstić information content (AvgIpc) is 3.09. The van der Waals surface area contributed by atoms with Gasteiger partial charge in [0.15, 0.2) is 5.78 Å². The number of hydrogen-bond donors (Lipinski definition) is 1. The molecule has 0 amide bonds. The number of imidazole rings is 1. The van der Waals surface area contributed by atoms with E-state index < -0.39 is 0 Å². The molecule has 0 aliphatic rings. The number of carbonyl (C=O) groups excluding carboxylic acids is 1. The zero-order chi connectivity index (χ0) is 18.8. The van der Waals surface area contributed by atoms with Crippen molar-refractivity contribution in [3.63, 3.8) is 0 Å². The van der Waals surface area contributed by atoms with E-state index in [0.29, 0.717) is 16.9 Å². The van der Waals surface area contributed by atoms with Crippen LogP contribution in [0.1, 0.15) is 32.9 Å². The Hall–Kier alpha value is -2.92. The van der Waals surface area contributed by atoms with E-state index in [1.165, 1.54) is 5.56 Å². The lowest BCUT2D eigenvalue weighted by atomic mass is 10.0. The summed E-state index contributed by atoms with van der Waals surface area (Å²) < 4.78 is 0. The maximum atomic E-state index is 12.6. The SMILES string of the molecule is Cc1cnc(SCc2nc3cc(C(=O)c4ccccc4)ccc3[nH]2)c(C)c1. The van der Waals surface area contributed by atoms with Crippen molar-refractivity contribution >= 4 is 28.6 Å². The number of carbonyl (C=O) groups is 1. The summed E-state index contributed by atoms with van der Waals surface area (Å²) in [5, 5.41) is 1.01. The highest BCUT2D eigenvalue weighted by atomic mass is 32.2. The van der Waals surface area contributed by atoms with Crippen molar-refractivity contribution in [2.45, 2.75) is 24.6 Å². The Morgan fingerprint density at radius 3 is 2.63 bits per heavy atom. The van der Waals surface area contributed by atoms with Crippen LogP contribution in [0, 0.1) is 13.8 Å². The molecule has 1 N–H and O–H groups in total. The second kappa shape index (κ2) is 7.37. The number of rotatable bonds is 5. The summed E-state index contributed by atoms with van der Waals surface area (Å²) in [5.74, 6) is 1.59. The lowest BCUT2D eigenvalue weighted by Gasteiger charge is -2.03. The molecule has 4 rings (SSSR count). The van der Waals surface area contributed by atoms with Crippen LogP contribution < -0.4 is 0 Å². The minimum Gasteiger partial charge on any atom is -0.341 e. The van der Waals surface area contributed by atoms with Crippen LogP contribution in [0.5, 0.6) is 0 Å². The fourth-order valence-electron chi connectivity index (χ4n) is 3.02. The van der Waals surface area contributed by atoms with Crippen LogP contribution in [-0.4, -0.2) is 20.7 Å². The largest absolute Gasteiger partial charge is 0.341 e. The molecule has 0 atom stereocenters. The molecular weight excluding hydrogens is 354 g/mol. The van der Waals surface area contributed by atoms with E-state index >= 15 is 0 Å². The fraction of sp³-hybridized carbons (Fsp3) is 0.136.